The zero-order valence-corrected chi connectivity index (χ0v) is 18.1. The average molecular weight is 420 g/mol. The molecule has 0 bridgehead atoms. The van der Waals surface area contributed by atoms with E-state index in [0.29, 0.717) is 35.5 Å². The minimum absolute atomic E-state index is 0.154. The van der Waals surface area contributed by atoms with E-state index >= 15 is 0 Å². The highest BCUT2D eigenvalue weighted by Crippen LogP contribution is 2.30. The smallest absolute Gasteiger partial charge is 0.311 e. The number of nitrogens with zero attached hydrogens (tertiary/aromatic N) is 2. The Labute approximate surface area is 176 Å². The molecule has 2 rings (SSSR count). The third-order valence-corrected chi connectivity index (χ3v) is 4.82. The molecule has 0 spiro atoms. The largest absolute Gasteiger partial charge is 0.493 e. The molecule has 0 radical (unpaired) electrons. The first-order valence-electron chi connectivity index (χ1n) is 9.86. The van der Waals surface area contributed by atoms with E-state index < -0.39 is 0 Å². The number of hydrogen-bond acceptors (Lipinski definition) is 8. The Kier molecular flexibility index (Phi) is 9.99. The summed E-state index contributed by atoms with van der Waals surface area (Å²) < 4.78 is 16.3. The van der Waals surface area contributed by atoms with E-state index in [1.54, 1.807) is 20.2 Å². The molecule has 2 aromatic rings. The normalized spacial score (nSPS) is 10.9. The van der Waals surface area contributed by atoms with Crippen molar-refractivity contribution >= 4 is 28.7 Å². The first-order valence-corrected chi connectivity index (χ1v) is 10.7. The predicted molar refractivity (Wildman–Crippen MR) is 116 cm³/mol. The molecule has 1 aromatic heterocycles. The molecule has 158 valence electrons. The van der Waals surface area contributed by atoms with Gasteiger partial charge in [-0.05, 0) is 25.5 Å². The van der Waals surface area contributed by atoms with Crippen molar-refractivity contribution in [1.29, 1.82) is 0 Å². The lowest BCUT2D eigenvalue weighted by Gasteiger charge is -2.13. The van der Waals surface area contributed by atoms with E-state index in [0.717, 1.165) is 18.4 Å². The van der Waals surface area contributed by atoms with Gasteiger partial charge < -0.3 is 14.2 Å². The molecule has 0 atom stereocenters. The van der Waals surface area contributed by atoms with E-state index in [-0.39, 0.29) is 12.4 Å². The quantitative estimate of drug-likeness (QED) is 0.220. The van der Waals surface area contributed by atoms with Crippen LogP contribution in [0.15, 0.2) is 28.7 Å². The Balaban J connectivity index is 1.97. The number of nitrogens with one attached hydrogen (secondary N) is 1. The number of hydrogen-bond donors (Lipinski definition) is 1. The van der Waals surface area contributed by atoms with Crippen LogP contribution in [0.2, 0.25) is 0 Å². The molecule has 0 aliphatic heterocycles. The SMILES string of the molecule is CCCCCCOc1c(C=NNc2nc(CC(=O)OCC)cs2)cccc1OC. The maximum absolute atomic E-state index is 11.5. The number of anilines is 1. The summed E-state index contributed by atoms with van der Waals surface area (Å²) in [6.45, 7) is 4.97. The van der Waals surface area contributed by atoms with Gasteiger partial charge in [-0.3, -0.25) is 10.2 Å². The number of methoxy groups -OCH3 is 1. The Morgan fingerprint density at radius 2 is 2.14 bits per heavy atom. The number of ether oxygens (including phenoxy) is 3. The van der Waals surface area contributed by atoms with Gasteiger partial charge in [0.15, 0.2) is 11.5 Å². The lowest BCUT2D eigenvalue weighted by molar-refractivity contribution is -0.142. The third-order valence-electron chi connectivity index (χ3n) is 4.02. The molecular weight excluding hydrogens is 390 g/mol. The highest BCUT2D eigenvalue weighted by Gasteiger charge is 2.10. The van der Waals surface area contributed by atoms with Gasteiger partial charge >= 0.3 is 5.97 Å². The van der Waals surface area contributed by atoms with Crippen LogP contribution in [0.25, 0.3) is 0 Å². The molecule has 0 aliphatic rings. The fourth-order valence-electron chi connectivity index (χ4n) is 2.61. The number of para-hydroxylation sites is 1. The number of aromatic nitrogens is 1. The van der Waals surface area contributed by atoms with Crippen LogP contribution in [0.3, 0.4) is 0 Å². The fourth-order valence-corrected chi connectivity index (χ4v) is 3.27. The average Bonchev–Trinajstić information content (AvgIpc) is 3.15. The highest BCUT2D eigenvalue weighted by atomic mass is 32.1. The fraction of sp³-hybridized carbons (Fsp3) is 0.476. The first kappa shape index (κ1) is 22.7. The lowest BCUT2D eigenvalue weighted by Crippen LogP contribution is -2.07. The summed E-state index contributed by atoms with van der Waals surface area (Å²) in [4.78, 5) is 15.9. The van der Waals surface area contributed by atoms with E-state index in [4.69, 9.17) is 14.2 Å². The molecule has 1 N–H and O–H groups in total. The minimum Gasteiger partial charge on any atom is -0.493 e. The molecule has 0 saturated carbocycles. The topological polar surface area (TPSA) is 82.0 Å². The Bertz CT molecular complexity index is 792. The second kappa shape index (κ2) is 12.8. The molecule has 0 saturated heterocycles. The van der Waals surface area contributed by atoms with Crippen LogP contribution in [0, 0.1) is 0 Å². The number of benzene rings is 1. The van der Waals surface area contributed by atoms with Gasteiger partial charge in [0.2, 0.25) is 5.13 Å². The summed E-state index contributed by atoms with van der Waals surface area (Å²) >= 11 is 1.38. The summed E-state index contributed by atoms with van der Waals surface area (Å²) in [5.74, 6) is 1.07. The number of unbranched alkanes of at least 4 members (excludes halogenated alkanes) is 3. The van der Waals surface area contributed by atoms with Crippen LogP contribution in [-0.2, 0) is 16.0 Å². The van der Waals surface area contributed by atoms with E-state index in [1.807, 2.05) is 23.6 Å². The molecule has 0 amide bonds. The van der Waals surface area contributed by atoms with Crippen molar-refractivity contribution in [3.05, 3.63) is 34.8 Å². The van der Waals surface area contributed by atoms with Crippen LogP contribution in [0.1, 0.15) is 50.8 Å². The van der Waals surface area contributed by atoms with Crippen molar-refractivity contribution in [1.82, 2.24) is 4.98 Å². The van der Waals surface area contributed by atoms with Crippen LogP contribution in [0.5, 0.6) is 11.5 Å². The second-order valence-corrected chi connectivity index (χ2v) is 7.14. The number of carbonyl (C=O) groups excluding carboxylic acids is 1. The van der Waals surface area contributed by atoms with Gasteiger partial charge in [0, 0.05) is 10.9 Å². The molecule has 7 nitrogen and oxygen atoms in total. The first-order chi connectivity index (χ1) is 14.2. The van der Waals surface area contributed by atoms with Crippen LogP contribution in [0.4, 0.5) is 5.13 Å². The number of hydrazone groups is 1. The van der Waals surface area contributed by atoms with Crippen molar-refractivity contribution in [2.45, 2.75) is 46.0 Å². The van der Waals surface area contributed by atoms with E-state index in [1.165, 1.54) is 24.2 Å². The van der Waals surface area contributed by atoms with Crippen molar-refractivity contribution < 1.29 is 19.0 Å². The summed E-state index contributed by atoms with van der Waals surface area (Å²) in [6.07, 6.45) is 6.38. The predicted octanol–water partition coefficient (Wildman–Crippen LogP) is 4.66. The Morgan fingerprint density at radius 3 is 2.90 bits per heavy atom. The van der Waals surface area contributed by atoms with Crippen molar-refractivity contribution in [3.8, 4) is 11.5 Å². The maximum atomic E-state index is 11.5. The van der Waals surface area contributed by atoms with Gasteiger partial charge in [-0.1, -0.05) is 32.3 Å². The van der Waals surface area contributed by atoms with Gasteiger partial charge in [-0.25, -0.2) is 4.98 Å². The summed E-state index contributed by atoms with van der Waals surface area (Å²) in [5.41, 5.74) is 4.37. The van der Waals surface area contributed by atoms with E-state index in [9.17, 15) is 4.79 Å². The molecule has 1 aromatic carbocycles. The number of rotatable bonds is 13. The van der Waals surface area contributed by atoms with Gasteiger partial charge in [0.1, 0.15) is 0 Å². The molecular formula is C21H29N3O4S. The molecule has 1 heterocycles. The van der Waals surface area contributed by atoms with Crippen molar-refractivity contribution in [2.75, 3.05) is 25.7 Å². The summed E-state index contributed by atoms with van der Waals surface area (Å²) in [7, 11) is 1.62. The lowest BCUT2D eigenvalue weighted by atomic mass is 10.2. The number of carbonyl (C=O) groups is 1. The molecule has 0 aliphatic carbocycles. The summed E-state index contributed by atoms with van der Waals surface area (Å²) in [5, 5.41) is 6.67. The van der Waals surface area contributed by atoms with Gasteiger partial charge in [-0.15, -0.1) is 11.3 Å². The summed E-state index contributed by atoms with van der Waals surface area (Å²) in [6, 6.07) is 5.68. The van der Waals surface area contributed by atoms with Crippen LogP contribution < -0.4 is 14.9 Å². The van der Waals surface area contributed by atoms with Gasteiger partial charge in [0.25, 0.3) is 0 Å². The minimum atomic E-state index is -0.287. The molecule has 0 fully saturated rings. The molecule has 8 heteroatoms. The Morgan fingerprint density at radius 1 is 1.28 bits per heavy atom. The Hall–Kier alpha value is -2.61. The number of thiazole rings is 1. The van der Waals surface area contributed by atoms with Gasteiger partial charge in [-0.2, -0.15) is 5.10 Å². The van der Waals surface area contributed by atoms with Crippen molar-refractivity contribution in [2.24, 2.45) is 5.10 Å². The standard InChI is InChI=1S/C21H29N3O4S/c1-4-6-7-8-12-28-20-16(10-9-11-18(20)26-3)14-22-24-21-23-17(15-29-21)13-19(25)27-5-2/h9-11,14-15H,4-8,12-13H2,1-3H3,(H,23,24). The highest BCUT2D eigenvalue weighted by molar-refractivity contribution is 7.13. The van der Waals surface area contributed by atoms with Gasteiger partial charge in [0.05, 0.1) is 38.7 Å². The molecule has 29 heavy (non-hydrogen) atoms. The van der Waals surface area contributed by atoms with Crippen LogP contribution >= 0.6 is 11.3 Å². The van der Waals surface area contributed by atoms with Crippen molar-refractivity contribution in [3.63, 3.8) is 0 Å². The van der Waals surface area contributed by atoms with Crippen LogP contribution in [-0.4, -0.2) is 37.5 Å². The monoisotopic (exact) mass is 419 g/mol. The zero-order valence-electron chi connectivity index (χ0n) is 17.3. The van der Waals surface area contributed by atoms with E-state index in [2.05, 4.69) is 22.4 Å². The zero-order chi connectivity index (χ0) is 20.9. The second-order valence-electron chi connectivity index (χ2n) is 6.28. The number of esters is 1. The third kappa shape index (κ3) is 7.73. The maximum Gasteiger partial charge on any atom is 0.311 e. The molecule has 0 unspecified atom stereocenters.